The molecule has 1 amide bonds. The lowest BCUT2D eigenvalue weighted by Crippen LogP contribution is -2.35. The Hall–Kier alpha value is -3.28. The number of para-hydroxylation sites is 1. The van der Waals surface area contributed by atoms with Crippen molar-refractivity contribution >= 4 is 17.5 Å². The molecule has 1 aliphatic rings. The molecule has 1 unspecified atom stereocenters. The van der Waals surface area contributed by atoms with Crippen LogP contribution in [0, 0.1) is 5.82 Å². The topological polar surface area (TPSA) is 58.1 Å². The third kappa shape index (κ3) is 3.51. The van der Waals surface area contributed by atoms with Crippen molar-refractivity contribution in [1.29, 1.82) is 0 Å². The number of amides is 1. The first-order valence-corrected chi connectivity index (χ1v) is 8.83. The van der Waals surface area contributed by atoms with Crippen molar-refractivity contribution in [1.82, 2.24) is 9.97 Å². The van der Waals surface area contributed by atoms with Crippen molar-refractivity contribution in [3.63, 3.8) is 0 Å². The van der Waals surface area contributed by atoms with Gasteiger partial charge in [0.15, 0.2) is 0 Å². The Morgan fingerprint density at radius 3 is 2.59 bits per heavy atom. The van der Waals surface area contributed by atoms with Crippen LogP contribution in [-0.2, 0) is 13.0 Å². The van der Waals surface area contributed by atoms with Crippen molar-refractivity contribution in [2.45, 2.75) is 25.9 Å². The van der Waals surface area contributed by atoms with Crippen LogP contribution in [0.4, 0.5) is 16.0 Å². The third-order valence-electron chi connectivity index (χ3n) is 4.69. The van der Waals surface area contributed by atoms with Gasteiger partial charge < -0.3 is 10.2 Å². The number of anilines is 2. The maximum absolute atomic E-state index is 12.9. The predicted molar refractivity (Wildman–Crippen MR) is 102 cm³/mol. The zero-order valence-electron chi connectivity index (χ0n) is 14.9. The maximum Gasteiger partial charge on any atom is 0.261 e. The molecule has 2 aromatic carbocycles. The normalized spacial score (nSPS) is 15.5. The second-order valence-electron chi connectivity index (χ2n) is 6.63. The maximum atomic E-state index is 12.9. The fourth-order valence-electron chi connectivity index (χ4n) is 3.33. The molecule has 3 aromatic rings. The fourth-order valence-corrected chi connectivity index (χ4v) is 3.33. The lowest BCUT2D eigenvalue weighted by atomic mass is 10.1. The van der Waals surface area contributed by atoms with E-state index in [-0.39, 0.29) is 17.8 Å². The number of hydrogen-bond donors (Lipinski definition) is 1. The summed E-state index contributed by atoms with van der Waals surface area (Å²) in [6.07, 6.45) is 3.92. The standard InChI is InChI=1S/C21H19FN4O/c1-14-10-16-4-2-3-5-19(16)26(14)20(27)17-12-24-21(25-13-17)23-11-15-6-8-18(22)9-7-15/h2-9,12-14H,10-11H2,1H3,(H,23,24,25). The van der Waals surface area contributed by atoms with Gasteiger partial charge in [-0.25, -0.2) is 14.4 Å². The Morgan fingerprint density at radius 1 is 1.15 bits per heavy atom. The van der Waals surface area contributed by atoms with E-state index >= 15 is 0 Å². The zero-order valence-corrected chi connectivity index (χ0v) is 14.9. The molecule has 136 valence electrons. The molecule has 0 aliphatic carbocycles. The van der Waals surface area contributed by atoms with Crippen LogP contribution >= 0.6 is 0 Å². The van der Waals surface area contributed by atoms with Gasteiger partial charge in [-0.1, -0.05) is 30.3 Å². The molecular formula is C21H19FN4O. The van der Waals surface area contributed by atoms with E-state index in [0.29, 0.717) is 18.1 Å². The van der Waals surface area contributed by atoms with Crippen molar-refractivity contribution < 1.29 is 9.18 Å². The predicted octanol–water partition coefficient (Wildman–Crippen LogP) is 3.82. The number of halogens is 1. The first-order valence-electron chi connectivity index (χ1n) is 8.83. The first-order chi connectivity index (χ1) is 13.1. The van der Waals surface area contributed by atoms with Crippen LogP contribution in [0.2, 0.25) is 0 Å². The Balaban J connectivity index is 1.46. The van der Waals surface area contributed by atoms with Gasteiger partial charge in [0.2, 0.25) is 5.95 Å². The van der Waals surface area contributed by atoms with Crippen LogP contribution in [0.1, 0.15) is 28.4 Å². The summed E-state index contributed by atoms with van der Waals surface area (Å²) >= 11 is 0. The van der Waals surface area contributed by atoms with E-state index in [4.69, 9.17) is 0 Å². The van der Waals surface area contributed by atoms with Crippen LogP contribution < -0.4 is 10.2 Å². The van der Waals surface area contributed by atoms with E-state index < -0.39 is 0 Å². The molecule has 1 atom stereocenters. The first kappa shape index (κ1) is 17.1. The molecule has 1 aromatic heterocycles. The molecule has 0 fully saturated rings. The molecule has 0 radical (unpaired) electrons. The third-order valence-corrected chi connectivity index (χ3v) is 4.69. The van der Waals surface area contributed by atoms with Crippen LogP contribution in [0.25, 0.3) is 0 Å². The van der Waals surface area contributed by atoms with Gasteiger partial charge in [0, 0.05) is 30.7 Å². The molecule has 6 heteroatoms. The average Bonchev–Trinajstić information content (AvgIpc) is 3.03. The SMILES string of the molecule is CC1Cc2ccccc2N1C(=O)c1cnc(NCc2ccc(F)cc2)nc1. The van der Waals surface area contributed by atoms with Gasteiger partial charge in [0.1, 0.15) is 5.82 Å². The van der Waals surface area contributed by atoms with Gasteiger partial charge in [-0.15, -0.1) is 0 Å². The fraction of sp³-hybridized carbons (Fsp3) is 0.190. The molecule has 0 bridgehead atoms. The molecule has 1 aliphatic heterocycles. The minimum atomic E-state index is -0.268. The summed E-state index contributed by atoms with van der Waals surface area (Å²) in [6, 6.07) is 14.3. The van der Waals surface area contributed by atoms with E-state index in [1.54, 1.807) is 17.0 Å². The summed E-state index contributed by atoms with van der Waals surface area (Å²) in [5, 5.41) is 3.07. The molecule has 0 saturated heterocycles. The minimum Gasteiger partial charge on any atom is -0.350 e. The van der Waals surface area contributed by atoms with Crippen LogP contribution in [0.5, 0.6) is 0 Å². The van der Waals surface area contributed by atoms with Gasteiger partial charge in [0.05, 0.1) is 5.56 Å². The highest BCUT2D eigenvalue weighted by molar-refractivity contribution is 6.07. The molecular weight excluding hydrogens is 343 g/mol. The number of carbonyl (C=O) groups excluding carboxylic acids is 1. The molecule has 2 heterocycles. The van der Waals surface area contributed by atoms with Crippen molar-refractivity contribution in [2.75, 3.05) is 10.2 Å². The van der Waals surface area contributed by atoms with Gasteiger partial charge in [-0.2, -0.15) is 0 Å². The number of fused-ring (bicyclic) bond motifs is 1. The lowest BCUT2D eigenvalue weighted by molar-refractivity contribution is 0.0981. The molecule has 0 saturated carbocycles. The summed E-state index contributed by atoms with van der Waals surface area (Å²) in [5.74, 6) is 0.0545. The molecule has 27 heavy (non-hydrogen) atoms. The zero-order chi connectivity index (χ0) is 18.8. The van der Waals surface area contributed by atoms with E-state index in [9.17, 15) is 9.18 Å². The van der Waals surface area contributed by atoms with Crippen molar-refractivity contribution in [3.05, 3.63) is 83.4 Å². The second kappa shape index (κ2) is 7.15. The monoisotopic (exact) mass is 362 g/mol. The Bertz CT molecular complexity index is 957. The number of carbonyl (C=O) groups is 1. The lowest BCUT2D eigenvalue weighted by Gasteiger charge is -2.22. The van der Waals surface area contributed by atoms with Crippen molar-refractivity contribution in [3.8, 4) is 0 Å². The Kier molecular flexibility index (Phi) is 4.54. The van der Waals surface area contributed by atoms with E-state index in [0.717, 1.165) is 17.7 Å². The van der Waals surface area contributed by atoms with E-state index in [2.05, 4.69) is 21.4 Å². The van der Waals surface area contributed by atoms with Gasteiger partial charge in [0.25, 0.3) is 5.91 Å². The summed E-state index contributed by atoms with van der Waals surface area (Å²) < 4.78 is 12.9. The largest absolute Gasteiger partial charge is 0.350 e. The highest BCUT2D eigenvalue weighted by Crippen LogP contribution is 2.32. The summed E-state index contributed by atoms with van der Waals surface area (Å²) in [6.45, 7) is 2.52. The highest BCUT2D eigenvalue weighted by Gasteiger charge is 2.31. The van der Waals surface area contributed by atoms with Crippen LogP contribution in [0.3, 0.4) is 0 Å². The van der Waals surface area contributed by atoms with E-state index in [1.165, 1.54) is 30.1 Å². The van der Waals surface area contributed by atoms with Crippen molar-refractivity contribution in [2.24, 2.45) is 0 Å². The smallest absolute Gasteiger partial charge is 0.261 e. The summed E-state index contributed by atoms with van der Waals surface area (Å²) in [5.41, 5.74) is 3.50. The second-order valence-corrected chi connectivity index (χ2v) is 6.63. The summed E-state index contributed by atoms with van der Waals surface area (Å²) in [7, 11) is 0. The average molecular weight is 362 g/mol. The van der Waals surface area contributed by atoms with Crippen LogP contribution in [-0.4, -0.2) is 21.9 Å². The molecule has 5 nitrogen and oxygen atoms in total. The number of nitrogens with zero attached hydrogens (tertiary/aromatic N) is 3. The number of rotatable bonds is 4. The number of aromatic nitrogens is 2. The summed E-state index contributed by atoms with van der Waals surface area (Å²) in [4.78, 5) is 23.2. The Morgan fingerprint density at radius 2 is 1.85 bits per heavy atom. The van der Waals surface area contributed by atoms with E-state index in [1.807, 2.05) is 25.1 Å². The number of benzene rings is 2. The van der Waals surface area contributed by atoms with Gasteiger partial charge in [-0.05, 0) is 42.7 Å². The van der Waals surface area contributed by atoms with Crippen LogP contribution in [0.15, 0.2) is 60.9 Å². The molecule has 1 N–H and O–H groups in total. The molecule has 0 spiro atoms. The quantitative estimate of drug-likeness (QED) is 0.767. The van der Waals surface area contributed by atoms with Gasteiger partial charge >= 0.3 is 0 Å². The highest BCUT2D eigenvalue weighted by atomic mass is 19.1. The number of nitrogens with one attached hydrogen (secondary N) is 1. The molecule has 4 rings (SSSR count). The Labute approximate surface area is 156 Å². The minimum absolute atomic E-state index is 0.0995. The van der Waals surface area contributed by atoms with Gasteiger partial charge in [-0.3, -0.25) is 4.79 Å². The number of hydrogen-bond acceptors (Lipinski definition) is 4.